The van der Waals surface area contributed by atoms with E-state index in [2.05, 4.69) is 0 Å². The number of methoxy groups -OCH3 is 1. The molecule has 0 atom stereocenters. The first-order valence-corrected chi connectivity index (χ1v) is 9.29. The van der Waals surface area contributed by atoms with Gasteiger partial charge in [-0.05, 0) is 68.0 Å². The lowest BCUT2D eigenvalue weighted by Gasteiger charge is -2.32. The fourth-order valence-electron chi connectivity index (χ4n) is 3.46. The number of piperidine rings is 1. The summed E-state index contributed by atoms with van der Waals surface area (Å²) in [4.78, 5) is 14.8. The number of carbonyl (C=O) groups is 1. The monoisotopic (exact) mass is 353 g/mol. The molecule has 2 aromatic rings. The highest BCUT2D eigenvalue weighted by Crippen LogP contribution is 2.24. The number of carbonyl (C=O) groups excluding carboxylic acids is 1. The fourth-order valence-corrected chi connectivity index (χ4v) is 3.46. The highest BCUT2D eigenvalue weighted by atomic mass is 16.5. The van der Waals surface area contributed by atoms with E-state index in [0.29, 0.717) is 5.92 Å². The number of nitrogens with zero attached hydrogens (tertiary/aromatic N) is 1. The number of likely N-dealkylation sites (tertiary alicyclic amines) is 1. The van der Waals surface area contributed by atoms with Crippen LogP contribution in [0.25, 0.3) is 0 Å². The summed E-state index contributed by atoms with van der Waals surface area (Å²) in [5.74, 6) is 2.47. The van der Waals surface area contributed by atoms with E-state index < -0.39 is 0 Å². The molecule has 0 bridgehead atoms. The second-order valence-electron chi connectivity index (χ2n) is 6.87. The zero-order valence-electron chi connectivity index (χ0n) is 15.6. The minimum Gasteiger partial charge on any atom is -0.497 e. The lowest BCUT2D eigenvalue weighted by molar-refractivity contribution is 0.0679. The van der Waals surface area contributed by atoms with Crippen LogP contribution >= 0.6 is 0 Å². The molecule has 0 aromatic heterocycles. The Morgan fingerprint density at radius 3 is 2.46 bits per heavy atom. The molecule has 0 spiro atoms. The van der Waals surface area contributed by atoms with Crippen LogP contribution in [0.2, 0.25) is 0 Å². The van der Waals surface area contributed by atoms with Crippen LogP contribution in [0, 0.1) is 12.8 Å². The largest absolute Gasteiger partial charge is 0.497 e. The summed E-state index contributed by atoms with van der Waals surface area (Å²) in [6.07, 6.45) is 3.12. The topological polar surface area (TPSA) is 38.8 Å². The van der Waals surface area contributed by atoms with Crippen LogP contribution in [0.4, 0.5) is 0 Å². The third-order valence-corrected chi connectivity index (χ3v) is 5.10. The number of rotatable bonds is 6. The van der Waals surface area contributed by atoms with Crippen molar-refractivity contribution in [1.29, 1.82) is 0 Å². The molecule has 138 valence electrons. The Balaban J connectivity index is 1.46. The van der Waals surface area contributed by atoms with Crippen LogP contribution in [0.5, 0.6) is 11.5 Å². The Labute approximate surface area is 155 Å². The molecule has 0 saturated carbocycles. The number of para-hydroxylation sites is 1. The van der Waals surface area contributed by atoms with Gasteiger partial charge in [0.25, 0.3) is 5.91 Å². The molecule has 0 aliphatic carbocycles. The van der Waals surface area contributed by atoms with Gasteiger partial charge in [0.1, 0.15) is 11.5 Å². The second kappa shape index (κ2) is 8.75. The Morgan fingerprint density at radius 2 is 1.81 bits per heavy atom. The Bertz CT molecular complexity index is 721. The molecule has 26 heavy (non-hydrogen) atoms. The van der Waals surface area contributed by atoms with Gasteiger partial charge in [0.05, 0.1) is 13.7 Å². The predicted molar refractivity (Wildman–Crippen MR) is 103 cm³/mol. The average Bonchev–Trinajstić information content (AvgIpc) is 2.69. The molecule has 1 aliphatic heterocycles. The Kier molecular flexibility index (Phi) is 6.16. The molecule has 2 aromatic carbocycles. The third kappa shape index (κ3) is 4.57. The molecule has 4 nitrogen and oxygen atoms in total. The van der Waals surface area contributed by atoms with E-state index in [0.717, 1.165) is 61.6 Å². The molecule has 1 aliphatic rings. The van der Waals surface area contributed by atoms with Gasteiger partial charge in [-0.2, -0.15) is 0 Å². The van der Waals surface area contributed by atoms with Crippen molar-refractivity contribution in [2.24, 2.45) is 5.92 Å². The van der Waals surface area contributed by atoms with E-state index in [9.17, 15) is 4.79 Å². The summed E-state index contributed by atoms with van der Waals surface area (Å²) in [6, 6.07) is 15.6. The zero-order valence-corrected chi connectivity index (χ0v) is 15.6. The first-order chi connectivity index (χ1) is 12.7. The van der Waals surface area contributed by atoms with Crippen LogP contribution in [-0.4, -0.2) is 37.6 Å². The second-order valence-corrected chi connectivity index (χ2v) is 6.87. The smallest absolute Gasteiger partial charge is 0.254 e. The van der Waals surface area contributed by atoms with Crippen molar-refractivity contribution in [2.45, 2.75) is 26.2 Å². The minimum absolute atomic E-state index is 0.129. The molecule has 1 heterocycles. The average molecular weight is 353 g/mol. The molecule has 1 fully saturated rings. The van der Waals surface area contributed by atoms with E-state index in [1.807, 2.05) is 60.4 Å². The first-order valence-electron chi connectivity index (χ1n) is 9.29. The molecule has 0 N–H and O–H groups in total. The van der Waals surface area contributed by atoms with Crippen LogP contribution < -0.4 is 9.47 Å². The normalized spacial score (nSPS) is 14.9. The van der Waals surface area contributed by atoms with Gasteiger partial charge in [-0.15, -0.1) is 0 Å². The number of ether oxygens (including phenoxy) is 2. The van der Waals surface area contributed by atoms with Gasteiger partial charge in [0, 0.05) is 18.7 Å². The summed E-state index contributed by atoms with van der Waals surface area (Å²) in [6.45, 7) is 4.34. The summed E-state index contributed by atoms with van der Waals surface area (Å²) >= 11 is 0. The number of amides is 1. The van der Waals surface area contributed by atoms with Crippen molar-refractivity contribution in [2.75, 3.05) is 26.8 Å². The third-order valence-electron chi connectivity index (χ3n) is 5.10. The van der Waals surface area contributed by atoms with Crippen LogP contribution in [0.1, 0.15) is 35.2 Å². The minimum atomic E-state index is 0.129. The lowest BCUT2D eigenvalue weighted by Crippen LogP contribution is -2.39. The summed E-state index contributed by atoms with van der Waals surface area (Å²) in [5.41, 5.74) is 1.74. The quantitative estimate of drug-likeness (QED) is 0.776. The molecular formula is C22H27NO3. The van der Waals surface area contributed by atoms with Crippen LogP contribution in [0.3, 0.4) is 0 Å². The molecule has 3 rings (SSSR count). The fraction of sp³-hybridized carbons (Fsp3) is 0.409. The maximum absolute atomic E-state index is 12.8. The van der Waals surface area contributed by atoms with E-state index >= 15 is 0 Å². The maximum Gasteiger partial charge on any atom is 0.254 e. The molecule has 1 amide bonds. The van der Waals surface area contributed by atoms with E-state index in [1.54, 1.807) is 7.11 Å². The predicted octanol–water partition coefficient (Wildman–Crippen LogP) is 4.32. The van der Waals surface area contributed by atoms with Crippen LogP contribution in [0.15, 0.2) is 48.5 Å². The number of hydrogen-bond acceptors (Lipinski definition) is 3. The van der Waals surface area contributed by atoms with Crippen molar-refractivity contribution in [3.63, 3.8) is 0 Å². The van der Waals surface area contributed by atoms with Crippen molar-refractivity contribution in [1.82, 2.24) is 4.90 Å². The summed E-state index contributed by atoms with van der Waals surface area (Å²) in [5, 5.41) is 0. The van der Waals surface area contributed by atoms with E-state index in [-0.39, 0.29) is 5.91 Å². The number of aryl methyl sites for hydroxylation is 1. The van der Waals surface area contributed by atoms with Gasteiger partial charge in [0.2, 0.25) is 0 Å². The lowest BCUT2D eigenvalue weighted by atomic mass is 9.93. The van der Waals surface area contributed by atoms with Gasteiger partial charge in [-0.25, -0.2) is 0 Å². The van der Waals surface area contributed by atoms with E-state index in [4.69, 9.17) is 9.47 Å². The molecule has 1 saturated heterocycles. The number of hydrogen-bond donors (Lipinski definition) is 0. The zero-order chi connectivity index (χ0) is 18.4. The highest BCUT2D eigenvalue weighted by molar-refractivity contribution is 5.95. The van der Waals surface area contributed by atoms with Crippen molar-refractivity contribution in [3.8, 4) is 11.5 Å². The van der Waals surface area contributed by atoms with E-state index in [1.165, 1.54) is 0 Å². The number of benzene rings is 2. The van der Waals surface area contributed by atoms with Gasteiger partial charge >= 0.3 is 0 Å². The van der Waals surface area contributed by atoms with Crippen molar-refractivity contribution < 1.29 is 14.3 Å². The molecule has 4 heteroatoms. The van der Waals surface area contributed by atoms with Crippen molar-refractivity contribution >= 4 is 5.91 Å². The highest BCUT2D eigenvalue weighted by Gasteiger charge is 2.24. The molecule has 0 radical (unpaired) electrons. The van der Waals surface area contributed by atoms with Gasteiger partial charge in [-0.3, -0.25) is 4.79 Å². The van der Waals surface area contributed by atoms with Crippen LogP contribution in [-0.2, 0) is 0 Å². The maximum atomic E-state index is 12.8. The van der Waals surface area contributed by atoms with Gasteiger partial charge < -0.3 is 14.4 Å². The van der Waals surface area contributed by atoms with Gasteiger partial charge in [-0.1, -0.05) is 18.2 Å². The SMILES string of the molecule is COc1ccc(C(=O)N2CCC(CCOc3ccccc3)CC2)c(C)c1. The van der Waals surface area contributed by atoms with Gasteiger partial charge in [0.15, 0.2) is 0 Å². The first kappa shape index (κ1) is 18.3. The van der Waals surface area contributed by atoms with Crippen molar-refractivity contribution in [3.05, 3.63) is 59.7 Å². The Hall–Kier alpha value is -2.49. The Morgan fingerprint density at radius 1 is 1.08 bits per heavy atom. The molecular weight excluding hydrogens is 326 g/mol. The summed E-state index contributed by atoms with van der Waals surface area (Å²) in [7, 11) is 1.64. The summed E-state index contributed by atoms with van der Waals surface area (Å²) < 4.78 is 11.0. The standard InChI is InChI=1S/C22H27NO3/c1-17-16-20(25-2)8-9-21(17)22(24)23-13-10-18(11-14-23)12-15-26-19-6-4-3-5-7-19/h3-9,16,18H,10-15H2,1-2H3. The molecule has 0 unspecified atom stereocenters.